The van der Waals surface area contributed by atoms with Crippen molar-refractivity contribution in [1.82, 2.24) is 5.32 Å². The van der Waals surface area contributed by atoms with Crippen molar-refractivity contribution in [1.29, 1.82) is 0 Å². The molecule has 1 fully saturated rings. The van der Waals surface area contributed by atoms with E-state index in [0.29, 0.717) is 10.6 Å². The largest absolute Gasteiger partial charge is 0.504 e. The van der Waals surface area contributed by atoms with E-state index in [-0.39, 0.29) is 22.8 Å². The molecule has 0 bridgehead atoms. The zero-order valence-electron chi connectivity index (χ0n) is 14.4. The maximum Gasteiger partial charge on any atom is 0.335 e. The van der Waals surface area contributed by atoms with Crippen LogP contribution in [0.2, 0.25) is 5.02 Å². The number of hydrogen-bond acceptors (Lipinski definition) is 5. The second-order valence-corrected chi connectivity index (χ2v) is 6.23. The predicted octanol–water partition coefficient (Wildman–Crippen LogP) is 3.03. The number of carbonyl (C=O) groups is 3. The zero-order valence-corrected chi connectivity index (χ0v) is 15.2. The third kappa shape index (κ3) is 3.50. The number of nitrogens with one attached hydrogen (secondary N) is 1. The quantitative estimate of drug-likeness (QED) is 0.624. The first-order valence-electron chi connectivity index (χ1n) is 7.86. The van der Waals surface area contributed by atoms with E-state index >= 15 is 0 Å². The number of anilines is 1. The predicted molar refractivity (Wildman–Crippen MR) is 99.8 cm³/mol. The number of urea groups is 1. The molecule has 0 saturated carbocycles. The molecule has 4 amide bonds. The van der Waals surface area contributed by atoms with Gasteiger partial charge in [0.15, 0.2) is 11.5 Å². The number of imide groups is 2. The summed E-state index contributed by atoms with van der Waals surface area (Å²) >= 11 is 6.08. The number of aromatic hydroxyl groups is 1. The smallest absolute Gasteiger partial charge is 0.335 e. The van der Waals surface area contributed by atoms with Crippen molar-refractivity contribution in [2.75, 3.05) is 12.0 Å². The summed E-state index contributed by atoms with van der Waals surface area (Å²) in [5.41, 5.74) is 1.24. The summed E-state index contributed by atoms with van der Waals surface area (Å²) in [5, 5.41) is 12.2. The van der Waals surface area contributed by atoms with Gasteiger partial charge in [-0.2, -0.15) is 0 Å². The molecular formula is C19H15ClN2O5. The van der Waals surface area contributed by atoms with Crippen molar-refractivity contribution in [3.05, 3.63) is 58.1 Å². The standard InChI is InChI=1S/C19H15ClN2O5/c1-10-3-5-12(9-14(10)20)22-18(25)13(17(24)21-19(22)26)7-11-4-6-15(23)16(8-11)27-2/h3-9,23H,1-2H3,(H,21,24,26)/b13-7-. The topological polar surface area (TPSA) is 95.9 Å². The lowest BCUT2D eigenvalue weighted by Crippen LogP contribution is -2.54. The maximum atomic E-state index is 12.8. The fourth-order valence-electron chi connectivity index (χ4n) is 2.56. The van der Waals surface area contributed by atoms with E-state index in [2.05, 4.69) is 5.32 Å². The minimum Gasteiger partial charge on any atom is -0.504 e. The Morgan fingerprint density at radius 1 is 1.15 bits per heavy atom. The first kappa shape index (κ1) is 18.5. The van der Waals surface area contributed by atoms with E-state index in [0.717, 1.165) is 10.5 Å². The van der Waals surface area contributed by atoms with Gasteiger partial charge >= 0.3 is 6.03 Å². The Balaban J connectivity index is 2.03. The normalized spacial score (nSPS) is 15.9. The average Bonchev–Trinajstić information content (AvgIpc) is 2.62. The van der Waals surface area contributed by atoms with Crippen LogP contribution in [-0.4, -0.2) is 30.1 Å². The minimum atomic E-state index is -0.856. The number of aryl methyl sites for hydroxylation is 1. The number of phenols is 1. The molecule has 2 aromatic rings. The molecule has 27 heavy (non-hydrogen) atoms. The number of barbiturate groups is 1. The van der Waals surface area contributed by atoms with Crippen molar-refractivity contribution in [3.63, 3.8) is 0 Å². The number of methoxy groups -OCH3 is 1. The fraction of sp³-hybridized carbons (Fsp3) is 0.105. The molecule has 3 rings (SSSR count). The van der Waals surface area contributed by atoms with E-state index in [1.165, 1.54) is 37.5 Å². The van der Waals surface area contributed by atoms with Gasteiger partial charge in [-0.05, 0) is 48.4 Å². The van der Waals surface area contributed by atoms with Gasteiger partial charge in [-0.15, -0.1) is 0 Å². The zero-order chi connectivity index (χ0) is 19.7. The third-order valence-corrected chi connectivity index (χ3v) is 4.44. The summed E-state index contributed by atoms with van der Waals surface area (Å²) in [6.45, 7) is 1.79. The molecule has 0 atom stereocenters. The van der Waals surface area contributed by atoms with Crippen LogP contribution in [0.25, 0.3) is 6.08 Å². The molecule has 8 heteroatoms. The number of hydrogen-bond donors (Lipinski definition) is 2. The molecule has 1 aliphatic rings. The molecule has 0 unspecified atom stereocenters. The van der Waals surface area contributed by atoms with Crippen LogP contribution in [0.1, 0.15) is 11.1 Å². The van der Waals surface area contributed by atoms with Crippen molar-refractivity contribution in [3.8, 4) is 11.5 Å². The number of halogens is 1. The van der Waals surface area contributed by atoms with Crippen LogP contribution in [0.4, 0.5) is 10.5 Å². The summed E-state index contributed by atoms with van der Waals surface area (Å²) in [6, 6.07) is 8.20. The second kappa shape index (κ2) is 7.13. The number of benzene rings is 2. The first-order valence-corrected chi connectivity index (χ1v) is 8.24. The average molecular weight is 387 g/mol. The van der Waals surface area contributed by atoms with Crippen LogP contribution in [0.15, 0.2) is 42.0 Å². The summed E-state index contributed by atoms with van der Waals surface area (Å²) in [7, 11) is 1.38. The SMILES string of the molecule is COc1cc(/C=C2/C(=O)NC(=O)N(c3ccc(C)c(Cl)c3)C2=O)ccc1O. The number of carbonyl (C=O) groups excluding carboxylic acids is 3. The highest BCUT2D eigenvalue weighted by Gasteiger charge is 2.37. The maximum absolute atomic E-state index is 12.8. The van der Waals surface area contributed by atoms with Gasteiger partial charge in [0.1, 0.15) is 5.57 Å². The summed E-state index contributed by atoms with van der Waals surface area (Å²) in [4.78, 5) is 38.1. The molecule has 1 heterocycles. The van der Waals surface area contributed by atoms with Crippen LogP contribution in [0.3, 0.4) is 0 Å². The van der Waals surface area contributed by atoms with Crippen LogP contribution in [0.5, 0.6) is 11.5 Å². The van der Waals surface area contributed by atoms with Gasteiger partial charge < -0.3 is 9.84 Å². The number of phenolic OH excluding ortho intramolecular Hbond substituents is 1. The lowest BCUT2D eigenvalue weighted by Gasteiger charge is -2.26. The summed E-state index contributed by atoms with van der Waals surface area (Å²) < 4.78 is 5.02. The van der Waals surface area contributed by atoms with Gasteiger partial charge in [0.05, 0.1) is 12.8 Å². The Bertz CT molecular complexity index is 1000. The Morgan fingerprint density at radius 3 is 2.56 bits per heavy atom. The van der Waals surface area contributed by atoms with Gasteiger partial charge in [0.2, 0.25) is 0 Å². The van der Waals surface area contributed by atoms with Gasteiger partial charge in [0.25, 0.3) is 11.8 Å². The number of ether oxygens (including phenoxy) is 1. The molecule has 1 aliphatic heterocycles. The lowest BCUT2D eigenvalue weighted by atomic mass is 10.1. The molecule has 0 aromatic heterocycles. The highest BCUT2D eigenvalue weighted by Crippen LogP contribution is 2.29. The Labute approximate surface area is 159 Å². The van der Waals surface area contributed by atoms with Crippen LogP contribution in [-0.2, 0) is 9.59 Å². The first-order chi connectivity index (χ1) is 12.8. The molecule has 1 saturated heterocycles. The highest BCUT2D eigenvalue weighted by molar-refractivity contribution is 6.39. The van der Waals surface area contributed by atoms with Gasteiger partial charge in [0, 0.05) is 5.02 Å². The molecule has 0 radical (unpaired) electrons. The molecule has 2 N–H and O–H groups in total. The van der Waals surface area contributed by atoms with Crippen molar-refractivity contribution in [2.45, 2.75) is 6.92 Å². The van der Waals surface area contributed by atoms with E-state index in [9.17, 15) is 19.5 Å². The van der Waals surface area contributed by atoms with Gasteiger partial charge in [-0.25, -0.2) is 9.69 Å². The van der Waals surface area contributed by atoms with E-state index in [1.54, 1.807) is 19.1 Å². The van der Waals surface area contributed by atoms with Crippen LogP contribution in [0, 0.1) is 6.92 Å². The Morgan fingerprint density at radius 2 is 1.89 bits per heavy atom. The Hall–Kier alpha value is -3.32. The minimum absolute atomic E-state index is 0.0785. The van der Waals surface area contributed by atoms with Crippen LogP contribution < -0.4 is 15.0 Å². The molecule has 2 aromatic carbocycles. The highest BCUT2D eigenvalue weighted by atomic mass is 35.5. The molecule has 138 valence electrons. The van der Waals surface area contributed by atoms with Gasteiger partial charge in [-0.3, -0.25) is 14.9 Å². The number of nitrogens with zero attached hydrogens (tertiary/aromatic N) is 1. The molecule has 7 nitrogen and oxygen atoms in total. The monoisotopic (exact) mass is 386 g/mol. The third-order valence-electron chi connectivity index (χ3n) is 4.03. The van der Waals surface area contributed by atoms with Crippen LogP contribution >= 0.6 is 11.6 Å². The van der Waals surface area contributed by atoms with E-state index in [1.807, 2.05) is 0 Å². The van der Waals surface area contributed by atoms with Crippen molar-refractivity contribution >= 4 is 41.2 Å². The van der Waals surface area contributed by atoms with Crippen molar-refractivity contribution in [2.24, 2.45) is 0 Å². The van der Waals surface area contributed by atoms with E-state index in [4.69, 9.17) is 16.3 Å². The molecular weight excluding hydrogens is 372 g/mol. The molecule has 0 spiro atoms. The lowest BCUT2D eigenvalue weighted by molar-refractivity contribution is -0.122. The number of amides is 4. The summed E-state index contributed by atoms with van der Waals surface area (Å²) in [6.07, 6.45) is 1.31. The Kier molecular flexibility index (Phi) is 4.87. The summed E-state index contributed by atoms with van der Waals surface area (Å²) in [5.74, 6) is -1.49. The second-order valence-electron chi connectivity index (χ2n) is 5.82. The molecule has 0 aliphatic carbocycles. The van der Waals surface area contributed by atoms with Gasteiger partial charge in [-0.1, -0.05) is 23.7 Å². The van der Waals surface area contributed by atoms with Crippen molar-refractivity contribution < 1.29 is 24.2 Å². The number of rotatable bonds is 3. The van der Waals surface area contributed by atoms with E-state index < -0.39 is 17.8 Å². The fourth-order valence-corrected chi connectivity index (χ4v) is 2.74.